The lowest BCUT2D eigenvalue weighted by Crippen LogP contribution is -2.37. The van der Waals surface area contributed by atoms with Crippen LogP contribution in [0.15, 0.2) is 42.5 Å². The van der Waals surface area contributed by atoms with Crippen LogP contribution in [0.5, 0.6) is 0 Å². The van der Waals surface area contributed by atoms with Crippen LogP contribution in [-0.4, -0.2) is 10.9 Å². The highest BCUT2D eigenvalue weighted by atomic mass is 32.1. The van der Waals surface area contributed by atoms with Gasteiger partial charge in [-0.15, -0.1) is 0 Å². The first kappa shape index (κ1) is 15.4. The predicted molar refractivity (Wildman–Crippen MR) is 91.0 cm³/mol. The normalized spacial score (nSPS) is 12.0. The average molecular weight is 300 g/mol. The molecule has 3 N–H and O–H groups in total. The molecule has 1 atom stereocenters. The Morgan fingerprint density at radius 1 is 1.24 bits per heavy atom. The molecular weight excluding hydrogens is 280 g/mol. The molecule has 4 heteroatoms. The smallest absolute Gasteiger partial charge is 0.230 e. The minimum atomic E-state index is -0.375. The molecule has 0 fully saturated rings. The van der Waals surface area contributed by atoms with E-state index in [0.717, 1.165) is 17.4 Å². The molecule has 110 valence electrons. The molecular formula is C17H20N2OS. The summed E-state index contributed by atoms with van der Waals surface area (Å²) in [6.45, 7) is 2.51. The van der Waals surface area contributed by atoms with E-state index in [1.807, 2.05) is 31.2 Å². The molecule has 2 aromatic carbocycles. The Morgan fingerprint density at radius 3 is 2.67 bits per heavy atom. The average Bonchev–Trinajstić information content (AvgIpc) is 2.49. The van der Waals surface area contributed by atoms with Crippen LogP contribution in [0, 0.1) is 5.92 Å². The third-order valence-corrected chi connectivity index (χ3v) is 3.85. The molecule has 1 amide bonds. The number of nitrogens with one attached hydrogen (secondary N) is 1. The van der Waals surface area contributed by atoms with Crippen LogP contribution in [0.3, 0.4) is 0 Å². The van der Waals surface area contributed by atoms with E-state index in [-0.39, 0.29) is 16.8 Å². The highest BCUT2D eigenvalue weighted by Gasteiger charge is 2.20. The molecule has 0 radical (unpaired) electrons. The lowest BCUT2D eigenvalue weighted by molar-refractivity contribution is -0.123. The zero-order chi connectivity index (χ0) is 15.2. The highest BCUT2D eigenvalue weighted by Crippen LogP contribution is 2.18. The first-order valence-electron chi connectivity index (χ1n) is 7.17. The van der Waals surface area contributed by atoms with Crippen molar-refractivity contribution in [3.8, 4) is 0 Å². The molecule has 0 saturated carbocycles. The number of thiocarbonyl (C=S) groups is 1. The van der Waals surface area contributed by atoms with Crippen LogP contribution >= 0.6 is 12.2 Å². The van der Waals surface area contributed by atoms with Crippen molar-refractivity contribution in [1.82, 2.24) is 5.32 Å². The van der Waals surface area contributed by atoms with Crippen molar-refractivity contribution < 1.29 is 4.79 Å². The van der Waals surface area contributed by atoms with Gasteiger partial charge >= 0.3 is 0 Å². The van der Waals surface area contributed by atoms with Crippen molar-refractivity contribution in [3.63, 3.8) is 0 Å². The second-order valence-electron chi connectivity index (χ2n) is 5.10. The highest BCUT2D eigenvalue weighted by molar-refractivity contribution is 7.80. The SMILES string of the molecule is CCCC(C(=O)NCc1cccc2ccccc12)C(N)=S. The number of carbonyl (C=O) groups is 1. The van der Waals surface area contributed by atoms with Gasteiger partial charge in [0.25, 0.3) is 0 Å². The Bertz CT molecular complexity index is 649. The fourth-order valence-corrected chi connectivity index (χ4v) is 2.67. The van der Waals surface area contributed by atoms with Crippen LogP contribution in [0.4, 0.5) is 0 Å². The predicted octanol–water partition coefficient (Wildman–Crippen LogP) is 3.16. The second kappa shape index (κ2) is 7.18. The standard InChI is InChI=1S/C17H20N2OS/c1-2-6-15(16(18)21)17(20)19-11-13-9-5-8-12-7-3-4-10-14(12)13/h3-5,7-10,15H,2,6,11H2,1H3,(H2,18,21)(H,19,20). The summed E-state index contributed by atoms with van der Waals surface area (Å²) in [4.78, 5) is 12.5. The van der Waals surface area contributed by atoms with E-state index in [1.54, 1.807) is 0 Å². The molecule has 0 aromatic heterocycles. The summed E-state index contributed by atoms with van der Waals surface area (Å²) in [5.74, 6) is -0.461. The number of hydrogen-bond acceptors (Lipinski definition) is 2. The van der Waals surface area contributed by atoms with Gasteiger partial charge in [0.2, 0.25) is 5.91 Å². The van der Waals surface area contributed by atoms with Gasteiger partial charge in [0, 0.05) is 6.54 Å². The number of rotatable bonds is 6. The maximum atomic E-state index is 12.2. The molecule has 0 aliphatic carbocycles. The van der Waals surface area contributed by atoms with Gasteiger partial charge in [-0.3, -0.25) is 4.79 Å². The summed E-state index contributed by atoms with van der Waals surface area (Å²) in [5, 5.41) is 5.28. The zero-order valence-electron chi connectivity index (χ0n) is 12.1. The number of hydrogen-bond donors (Lipinski definition) is 2. The van der Waals surface area contributed by atoms with E-state index >= 15 is 0 Å². The number of nitrogens with two attached hydrogens (primary N) is 1. The van der Waals surface area contributed by atoms with Crippen LogP contribution in [0.2, 0.25) is 0 Å². The van der Waals surface area contributed by atoms with Crippen LogP contribution in [-0.2, 0) is 11.3 Å². The van der Waals surface area contributed by atoms with E-state index in [2.05, 4.69) is 23.5 Å². The minimum absolute atomic E-state index is 0.0858. The second-order valence-corrected chi connectivity index (χ2v) is 5.57. The maximum absolute atomic E-state index is 12.2. The zero-order valence-corrected chi connectivity index (χ0v) is 13.0. The van der Waals surface area contributed by atoms with E-state index in [0.29, 0.717) is 13.0 Å². The molecule has 2 aromatic rings. The Hall–Kier alpha value is -1.94. The molecule has 0 saturated heterocycles. The molecule has 0 aliphatic rings. The monoisotopic (exact) mass is 300 g/mol. The first-order chi connectivity index (χ1) is 10.1. The van der Waals surface area contributed by atoms with Crippen molar-refractivity contribution in [2.75, 3.05) is 0 Å². The van der Waals surface area contributed by atoms with E-state index in [1.165, 1.54) is 5.39 Å². The Kier molecular flexibility index (Phi) is 5.28. The molecule has 0 heterocycles. The lowest BCUT2D eigenvalue weighted by atomic mass is 10.0. The number of fused-ring (bicyclic) bond motifs is 1. The maximum Gasteiger partial charge on any atom is 0.230 e. The first-order valence-corrected chi connectivity index (χ1v) is 7.58. The van der Waals surface area contributed by atoms with Gasteiger partial charge in [0.15, 0.2) is 0 Å². The van der Waals surface area contributed by atoms with Crippen molar-refractivity contribution in [2.45, 2.75) is 26.3 Å². The summed E-state index contributed by atoms with van der Waals surface area (Å²) >= 11 is 4.98. The fraction of sp³-hybridized carbons (Fsp3) is 0.294. The minimum Gasteiger partial charge on any atom is -0.393 e. The molecule has 21 heavy (non-hydrogen) atoms. The quantitative estimate of drug-likeness (QED) is 0.806. The largest absolute Gasteiger partial charge is 0.393 e. The summed E-state index contributed by atoms with van der Waals surface area (Å²) in [7, 11) is 0. The Morgan fingerprint density at radius 2 is 1.95 bits per heavy atom. The van der Waals surface area contributed by atoms with Gasteiger partial charge in [-0.25, -0.2) is 0 Å². The summed E-state index contributed by atoms with van der Waals surface area (Å²) < 4.78 is 0. The lowest BCUT2D eigenvalue weighted by Gasteiger charge is -2.15. The molecule has 2 rings (SSSR count). The van der Waals surface area contributed by atoms with Crippen molar-refractivity contribution in [3.05, 3.63) is 48.0 Å². The summed E-state index contributed by atoms with van der Waals surface area (Å²) in [6, 6.07) is 14.2. The van der Waals surface area contributed by atoms with E-state index in [4.69, 9.17) is 18.0 Å². The third-order valence-electron chi connectivity index (χ3n) is 3.57. The number of carbonyl (C=O) groups excluding carboxylic acids is 1. The molecule has 3 nitrogen and oxygen atoms in total. The summed E-state index contributed by atoms with van der Waals surface area (Å²) in [6.07, 6.45) is 1.57. The molecule has 0 bridgehead atoms. The van der Waals surface area contributed by atoms with E-state index < -0.39 is 0 Å². The van der Waals surface area contributed by atoms with Gasteiger partial charge in [0.1, 0.15) is 0 Å². The van der Waals surface area contributed by atoms with Gasteiger partial charge in [-0.05, 0) is 22.8 Å². The van der Waals surface area contributed by atoms with Crippen molar-refractivity contribution >= 4 is 33.9 Å². The Balaban J connectivity index is 2.11. The summed E-state index contributed by atoms with van der Waals surface area (Å²) in [5.41, 5.74) is 6.75. The van der Waals surface area contributed by atoms with Gasteiger partial charge in [-0.2, -0.15) is 0 Å². The topological polar surface area (TPSA) is 55.1 Å². The van der Waals surface area contributed by atoms with Crippen molar-refractivity contribution in [2.24, 2.45) is 11.7 Å². The fourth-order valence-electron chi connectivity index (χ4n) is 2.44. The van der Waals surface area contributed by atoms with Crippen molar-refractivity contribution in [1.29, 1.82) is 0 Å². The van der Waals surface area contributed by atoms with Gasteiger partial charge in [-0.1, -0.05) is 68.0 Å². The molecule has 0 spiro atoms. The van der Waals surface area contributed by atoms with Gasteiger partial charge < -0.3 is 11.1 Å². The molecule has 0 aliphatic heterocycles. The van der Waals surface area contributed by atoms with Crippen LogP contribution in [0.25, 0.3) is 10.8 Å². The third kappa shape index (κ3) is 3.79. The Labute approximate surface area is 130 Å². The van der Waals surface area contributed by atoms with Gasteiger partial charge in [0.05, 0.1) is 10.9 Å². The van der Waals surface area contributed by atoms with Crippen LogP contribution in [0.1, 0.15) is 25.3 Å². The molecule has 1 unspecified atom stereocenters. The van der Waals surface area contributed by atoms with Crippen LogP contribution < -0.4 is 11.1 Å². The number of benzene rings is 2. The van der Waals surface area contributed by atoms with E-state index in [9.17, 15) is 4.79 Å². The number of amides is 1.